The molecule has 0 radical (unpaired) electrons. The zero-order chi connectivity index (χ0) is 24.2. The SMILES string of the molecule is CCCCCC(=O)Oc1c(-n2nc3ccccc3n2)cc(C(C)(C)CC)cc1C(C)(C)CC. The van der Waals surface area contributed by atoms with Gasteiger partial charge >= 0.3 is 5.97 Å². The molecule has 0 atom stereocenters. The van der Waals surface area contributed by atoms with Gasteiger partial charge in [0.2, 0.25) is 0 Å². The molecular weight excluding hydrogens is 410 g/mol. The minimum absolute atomic E-state index is 0.0381. The maximum Gasteiger partial charge on any atom is 0.311 e. The van der Waals surface area contributed by atoms with Crippen LogP contribution in [-0.2, 0) is 15.6 Å². The molecule has 1 aromatic heterocycles. The third kappa shape index (κ3) is 5.45. The van der Waals surface area contributed by atoms with Crippen molar-refractivity contribution in [2.24, 2.45) is 0 Å². The first-order valence-electron chi connectivity index (χ1n) is 12.3. The van der Waals surface area contributed by atoms with Gasteiger partial charge in [-0.25, -0.2) is 0 Å². The highest BCUT2D eigenvalue weighted by Gasteiger charge is 2.31. The molecule has 2 aromatic carbocycles. The highest BCUT2D eigenvalue weighted by molar-refractivity contribution is 5.76. The van der Waals surface area contributed by atoms with Crippen molar-refractivity contribution in [3.63, 3.8) is 0 Å². The molecule has 0 saturated carbocycles. The predicted octanol–water partition coefficient (Wildman–Crippen LogP) is 7.28. The Labute approximate surface area is 198 Å². The van der Waals surface area contributed by atoms with Gasteiger partial charge in [0.15, 0.2) is 5.75 Å². The number of esters is 1. The molecule has 0 saturated heterocycles. The Balaban J connectivity index is 2.25. The second-order valence-electron chi connectivity index (χ2n) is 10.3. The van der Waals surface area contributed by atoms with E-state index in [1.165, 1.54) is 5.56 Å². The van der Waals surface area contributed by atoms with Gasteiger partial charge in [0.25, 0.3) is 0 Å². The summed E-state index contributed by atoms with van der Waals surface area (Å²) in [5, 5.41) is 9.48. The van der Waals surface area contributed by atoms with Crippen LogP contribution in [-0.4, -0.2) is 21.0 Å². The number of unbranched alkanes of at least 4 members (excludes halogenated alkanes) is 2. The number of benzene rings is 2. The molecule has 0 spiro atoms. The number of carbonyl (C=O) groups is 1. The lowest BCUT2D eigenvalue weighted by Crippen LogP contribution is -2.24. The fourth-order valence-electron chi connectivity index (χ4n) is 3.81. The maximum absolute atomic E-state index is 12.9. The summed E-state index contributed by atoms with van der Waals surface area (Å²) in [4.78, 5) is 14.5. The van der Waals surface area contributed by atoms with Crippen LogP contribution in [0.1, 0.15) is 98.1 Å². The molecule has 0 unspecified atom stereocenters. The van der Waals surface area contributed by atoms with Crippen molar-refractivity contribution in [3.8, 4) is 11.4 Å². The van der Waals surface area contributed by atoms with E-state index in [1.807, 2.05) is 24.3 Å². The molecule has 0 aliphatic heterocycles. The largest absolute Gasteiger partial charge is 0.424 e. The molecule has 0 bridgehead atoms. The van der Waals surface area contributed by atoms with Crippen LogP contribution in [0.3, 0.4) is 0 Å². The van der Waals surface area contributed by atoms with Gasteiger partial charge in [-0.05, 0) is 53.9 Å². The Morgan fingerprint density at radius 3 is 2.06 bits per heavy atom. The van der Waals surface area contributed by atoms with Gasteiger partial charge in [-0.1, -0.05) is 79.5 Å². The second-order valence-corrected chi connectivity index (χ2v) is 10.3. The molecule has 0 amide bonds. The molecule has 1 heterocycles. The molecule has 0 aliphatic rings. The summed E-state index contributed by atoms with van der Waals surface area (Å²) in [5.74, 6) is 0.386. The summed E-state index contributed by atoms with van der Waals surface area (Å²) in [5.41, 5.74) is 4.37. The number of ether oxygens (including phenoxy) is 1. The van der Waals surface area contributed by atoms with E-state index in [-0.39, 0.29) is 16.8 Å². The zero-order valence-corrected chi connectivity index (χ0v) is 21.4. The minimum atomic E-state index is -0.197. The first-order chi connectivity index (χ1) is 15.6. The molecular formula is C28H39N3O2. The number of nitrogens with zero attached hydrogens (tertiary/aromatic N) is 3. The van der Waals surface area contributed by atoms with Crippen LogP contribution in [0, 0.1) is 0 Å². The van der Waals surface area contributed by atoms with Gasteiger partial charge in [0, 0.05) is 12.0 Å². The van der Waals surface area contributed by atoms with Crippen LogP contribution in [0.5, 0.6) is 5.75 Å². The predicted molar refractivity (Wildman–Crippen MR) is 135 cm³/mol. The zero-order valence-electron chi connectivity index (χ0n) is 21.4. The summed E-state index contributed by atoms with van der Waals surface area (Å²) in [6.07, 6.45) is 5.24. The van der Waals surface area contributed by atoms with Crippen molar-refractivity contribution in [3.05, 3.63) is 47.5 Å². The van der Waals surface area contributed by atoms with E-state index in [4.69, 9.17) is 14.9 Å². The van der Waals surface area contributed by atoms with Crippen LogP contribution in [0.15, 0.2) is 36.4 Å². The maximum atomic E-state index is 12.9. The van der Waals surface area contributed by atoms with Gasteiger partial charge in [0.05, 0.1) is 0 Å². The van der Waals surface area contributed by atoms with Gasteiger partial charge < -0.3 is 4.74 Å². The van der Waals surface area contributed by atoms with Crippen LogP contribution in [0.2, 0.25) is 0 Å². The topological polar surface area (TPSA) is 57.0 Å². The normalized spacial score (nSPS) is 12.3. The molecule has 33 heavy (non-hydrogen) atoms. The highest BCUT2D eigenvalue weighted by Crippen LogP contribution is 2.42. The second kappa shape index (κ2) is 10.1. The average molecular weight is 450 g/mol. The van der Waals surface area contributed by atoms with E-state index in [0.717, 1.165) is 54.4 Å². The molecule has 5 heteroatoms. The summed E-state index contributed by atoms with van der Waals surface area (Å²) >= 11 is 0. The van der Waals surface area contributed by atoms with E-state index in [1.54, 1.807) is 4.80 Å². The van der Waals surface area contributed by atoms with E-state index < -0.39 is 0 Å². The van der Waals surface area contributed by atoms with Gasteiger partial charge in [-0.15, -0.1) is 15.0 Å². The fourth-order valence-corrected chi connectivity index (χ4v) is 3.81. The van der Waals surface area contributed by atoms with E-state index >= 15 is 0 Å². The lowest BCUT2D eigenvalue weighted by Gasteiger charge is -2.31. The van der Waals surface area contributed by atoms with E-state index in [9.17, 15) is 4.79 Å². The third-order valence-corrected chi connectivity index (χ3v) is 7.05. The first kappa shape index (κ1) is 24.9. The first-order valence-corrected chi connectivity index (χ1v) is 12.3. The Morgan fingerprint density at radius 1 is 0.909 bits per heavy atom. The number of hydrogen-bond acceptors (Lipinski definition) is 4. The molecule has 0 N–H and O–H groups in total. The van der Waals surface area contributed by atoms with E-state index in [2.05, 4.69) is 60.6 Å². The number of fused-ring (bicyclic) bond motifs is 1. The quantitative estimate of drug-likeness (QED) is 0.185. The minimum Gasteiger partial charge on any atom is -0.424 e. The van der Waals surface area contributed by atoms with Crippen molar-refractivity contribution < 1.29 is 9.53 Å². The molecule has 0 aliphatic carbocycles. The van der Waals surface area contributed by atoms with Crippen LogP contribution in [0.4, 0.5) is 0 Å². The van der Waals surface area contributed by atoms with Crippen molar-refractivity contribution in [1.29, 1.82) is 0 Å². The Hall–Kier alpha value is -2.69. The van der Waals surface area contributed by atoms with Gasteiger partial charge in [-0.2, -0.15) is 0 Å². The Kier molecular flexibility index (Phi) is 7.61. The lowest BCUT2D eigenvalue weighted by molar-refractivity contribution is -0.134. The monoisotopic (exact) mass is 449 g/mol. The number of hydrogen-bond donors (Lipinski definition) is 0. The molecule has 5 nitrogen and oxygen atoms in total. The van der Waals surface area contributed by atoms with Crippen LogP contribution < -0.4 is 4.74 Å². The standard InChI is InChI=1S/C28H39N3O2/c1-8-11-12-17-25(32)33-26-21(28(6,7)10-3)18-20(27(4,5)9-2)19-24(26)31-29-22-15-13-14-16-23(22)30-31/h13-16,18-19H,8-12,17H2,1-7H3. The molecule has 3 rings (SSSR count). The van der Waals surface area contributed by atoms with Crippen molar-refractivity contribution >= 4 is 17.0 Å². The van der Waals surface area contributed by atoms with Crippen LogP contribution in [0.25, 0.3) is 16.7 Å². The van der Waals surface area contributed by atoms with Gasteiger partial charge in [-0.3, -0.25) is 4.79 Å². The molecule has 178 valence electrons. The number of rotatable bonds is 10. The smallest absolute Gasteiger partial charge is 0.311 e. The van der Waals surface area contributed by atoms with Crippen molar-refractivity contribution in [1.82, 2.24) is 15.0 Å². The summed E-state index contributed by atoms with van der Waals surface area (Å²) < 4.78 is 6.12. The number of aromatic nitrogens is 3. The molecule has 3 aromatic rings. The number of carbonyl (C=O) groups excluding carboxylic acids is 1. The summed E-state index contributed by atoms with van der Waals surface area (Å²) in [6, 6.07) is 12.1. The Morgan fingerprint density at radius 2 is 1.52 bits per heavy atom. The Bertz CT molecular complexity index is 1080. The fraction of sp³-hybridized carbons (Fsp3) is 0.536. The summed E-state index contributed by atoms with van der Waals surface area (Å²) in [7, 11) is 0. The van der Waals surface area contributed by atoms with Crippen molar-refractivity contribution in [2.45, 2.75) is 97.8 Å². The van der Waals surface area contributed by atoms with Crippen molar-refractivity contribution in [2.75, 3.05) is 0 Å². The average Bonchev–Trinajstić information content (AvgIpc) is 3.23. The molecule has 0 fully saturated rings. The highest BCUT2D eigenvalue weighted by atomic mass is 16.5. The lowest BCUT2D eigenvalue weighted by atomic mass is 9.76. The van der Waals surface area contributed by atoms with Crippen LogP contribution >= 0.6 is 0 Å². The summed E-state index contributed by atoms with van der Waals surface area (Å²) in [6.45, 7) is 15.4. The third-order valence-electron chi connectivity index (χ3n) is 7.05. The van der Waals surface area contributed by atoms with Gasteiger partial charge in [0.1, 0.15) is 16.7 Å². The van der Waals surface area contributed by atoms with E-state index in [0.29, 0.717) is 12.2 Å².